The number of ketones is 1. The first kappa shape index (κ1) is 29.5. The fourth-order valence-electron chi connectivity index (χ4n) is 6.98. The molecule has 0 bridgehead atoms. The summed E-state index contributed by atoms with van der Waals surface area (Å²) in [6.07, 6.45) is 5.14. The van der Waals surface area contributed by atoms with Gasteiger partial charge in [-0.2, -0.15) is 0 Å². The first-order valence-corrected chi connectivity index (χ1v) is 13.8. The van der Waals surface area contributed by atoms with Gasteiger partial charge in [-0.15, -0.1) is 0 Å². The van der Waals surface area contributed by atoms with E-state index < -0.39 is 58.7 Å². The van der Waals surface area contributed by atoms with E-state index in [2.05, 4.69) is 11.9 Å². The zero-order chi connectivity index (χ0) is 29.4. The van der Waals surface area contributed by atoms with Gasteiger partial charge in [0.2, 0.25) is 5.91 Å². The van der Waals surface area contributed by atoms with E-state index in [0.717, 1.165) is 5.56 Å². The molecule has 2 N–H and O–H groups in total. The second kappa shape index (κ2) is 11.2. The summed E-state index contributed by atoms with van der Waals surface area (Å²) >= 11 is 0. The number of allylic oxidation sites excluding steroid dienone is 1. The van der Waals surface area contributed by atoms with Crippen molar-refractivity contribution in [2.45, 2.75) is 71.3 Å². The number of rotatable bonds is 4. The molecule has 1 amide bonds. The fraction of sp³-hybridized carbons (Fsp3) is 0.500. The Balaban J connectivity index is 1.99. The molecule has 3 aliphatic rings. The molecule has 4 rings (SSSR count). The van der Waals surface area contributed by atoms with Gasteiger partial charge in [0.15, 0.2) is 5.78 Å². The summed E-state index contributed by atoms with van der Waals surface area (Å²) in [5.41, 5.74) is -1.59. The summed E-state index contributed by atoms with van der Waals surface area (Å²) in [4.78, 5) is 52.3. The molecular formula is C32H39NO7. The molecule has 0 radical (unpaired) electrons. The van der Waals surface area contributed by atoms with Crippen molar-refractivity contribution in [3.8, 4) is 0 Å². The molecule has 1 aromatic carbocycles. The van der Waals surface area contributed by atoms with Crippen LogP contribution in [0.5, 0.6) is 0 Å². The minimum atomic E-state index is -1.85. The van der Waals surface area contributed by atoms with Gasteiger partial charge in [0.05, 0.1) is 0 Å². The lowest BCUT2D eigenvalue weighted by Gasteiger charge is -2.53. The number of nitrogens with one attached hydrogen (secondary N) is 1. The first-order valence-electron chi connectivity index (χ1n) is 13.8. The van der Waals surface area contributed by atoms with Crippen LogP contribution in [0.1, 0.15) is 46.6 Å². The number of Topliss-reactive ketones (excluding diaryl/α,β-unsaturated/α-hetero) is 1. The van der Waals surface area contributed by atoms with Crippen LogP contribution in [0.25, 0.3) is 0 Å². The quantitative estimate of drug-likeness (QED) is 0.436. The Kier molecular flexibility index (Phi) is 8.22. The number of ether oxygens (including phenoxy) is 2. The van der Waals surface area contributed by atoms with Crippen molar-refractivity contribution in [2.24, 2.45) is 29.1 Å². The number of aliphatic hydroxyl groups is 1. The van der Waals surface area contributed by atoms with E-state index in [1.807, 2.05) is 37.3 Å². The lowest BCUT2D eigenvalue weighted by molar-refractivity contribution is -0.173. The number of carbonyl (C=O) groups excluding carboxylic acids is 4. The van der Waals surface area contributed by atoms with Gasteiger partial charge in [-0.3, -0.25) is 19.2 Å². The summed E-state index contributed by atoms with van der Waals surface area (Å²) in [6, 6.07) is 9.42. The van der Waals surface area contributed by atoms with Crippen molar-refractivity contribution in [1.29, 1.82) is 0 Å². The zero-order valence-electron chi connectivity index (χ0n) is 23.8. The van der Waals surface area contributed by atoms with E-state index in [1.165, 1.54) is 32.9 Å². The van der Waals surface area contributed by atoms with Gasteiger partial charge in [-0.25, -0.2) is 0 Å². The molecule has 1 aliphatic heterocycles. The van der Waals surface area contributed by atoms with Gasteiger partial charge in [0, 0.05) is 37.6 Å². The number of benzene rings is 1. The summed E-state index contributed by atoms with van der Waals surface area (Å²) < 4.78 is 11.7. The summed E-state index contributed by atoms with van der Waals surface area (Å²) in [5, 5.41) is 14.3. The fourth-order valence-corrected chi connectivity index (χ4v) is 6.98. The Morgan fingerprint density at radius 2 is 1.73 bits per heavy atom. The SMILES string of the molecule is C=C1[C@@H](OC(C)=O)C2/C=C/C[C@H](C)C(=O)[C@](C)(O)/C=C/C(OC(C)=O)[C@]23C(=O)N[C@@H](Cc2ccccc2)[C@@H]3[C@@H]1C. The van der Waals surface area contributed by atoms with Crippen molar-refractivity contribution in [3.63, 3.8) is 0 Å². The predicted octanol–water partition coefficient (Wildman–Crippen LogP) is 3.49. The number of hydrogen-bond acceptors (Lipinski definition) is 7. The first-order chi connectivity index (χ1) is 18.8. The van der Waals surface area contributed by atoms with Crippen molar-refractivity contribution in [3.05, 3.63) is 72.4 Å². The summed E-state index contributed by atoms with van der Waals surface area (Å²) in [5.74, 6) is -3.94. The van der Waals surface area contributed by atoms with Crippen LogP contribution in [0.2, 0.25) is 0 Å². The van der Waals surface area contributed by atoms with Crippen LogP contribution in [-0.4, -0.2) is 52.6 Å². The predicted molar refractivity (Wildman–Crippen MR) is 149 cm³/mol. The van der Waals surface area contributed by atoms with Crippen LogP contribution in [0.3, 0.4) is 0 Å². The Labute approximate surface area is 235 Å². The molecule has 0 aromatic heterocycles. The van der Waals surface area contributed by atoms with Crippen LogP contribution in [-0.2, 0) is 35.1 Å². The molecule has 2 fully saturated rings. The van der Waals surface area contributed by atoms with Crippen molar-refractivity contribution >= 4 is 23.6 Å². The Bertz CT molecular complexity index is 1250. The van der Waals surface area contributed by atoms with E-state index in [1.54, 1.807) is 19.1 Å². The maximum absolute atomic E-state index is 14.4. The summed E-state index contributed by atoms with van der Waals surface area (Å²) in [7, 11) is 0. The van der Waals surface area contributed by atoms with Gasteiger partial charge in [0.25, 0.3) is 0 Å². The van der Waals surface area contributed by atoms with Crippen molar-refractivity contribution in [1.82, 2.24) is 5.32 Å². The summed E-state index contributed by atoms with van der Waals surface area (Å²) in [6.45, 7) is 11.9. The Morgan fingerprint density at radius 1 is 1.07 bits per heavy atom. The van der Waals surface area contributed by atoms with E-state index in [-0.39, 0.29) is 17.9 Å². The van der Waals surface area contributed by atoms with Crippen LogP contribution >= 0.6 is 0 Å². The minimum Gasteiger partial charge on any atom is -0.457 e. The van der Waals surface area contributed by atoms with Gasteiger partial charge in [-0.05, 0) is 49.0 Å². The molecule has 1 heterocycles. The maximum atomic E-state index is 14.4. The number of amides is 1. The smallest absolute Gasteiger partial charge is 0.303 e. The van der Waals surface area contributed by atoms with Crippen LogP contribution in [0, 0.1) is 29.1 Å². The average molecular weight is 550 g/mol. The molecular weight excluding hydrogens is 510 g/mol. The molecule has 1 saturated carbocycles. The van der Waals surface area contributed by atoms with Gasteiger partial charge < -0.3 is 19.9 Å². The number of esters is 2. The van der Waals surface area contributed by atoms with Gasteiger partial charge >= 0.3 is 11.9 Å². The highest BCUT2D eigenvalue weighted by molar-refractivity contribution is 5.91. The third kappa shape index (κ3) is 5.17. The highest BCUT2D eigenvalue weighted by Crippen LogP contribution is 2.59. The van der Waals surface area contributed by atoms with Crippen molar-refractivity contribution in [2.75, 3.05) is 0 Å². The van der Waals surface area contributed by atoms with Crippen LogP contribution in [0.4, 0.5) is 0 Å². The molecule has 1 aromatic rings. The van der Waals surface area contributed by atoms with Crippen LogP contribution < -0.4 is 5.32 Å². The molecule has 40 heavy (non-hydrogen) atoms. The molecule has 9 atom stereocenters. The third-order valence-corrected chi connectivity index (χ3v) is 8.79. The van der Waals surface area contributed by atoms with E-state index in [4.69, 9.17) is 9.47 Å². The van der Waals surface area contributed by atoms with Gasteiger partial charge in [-0.1, -0.05) is 62.9 Å². The Morgan fingerprint density at radius 3 is 2.35 bits per heavy atom. The monoisotopic (exact) mass is 549 g/mol. The lowest BCUT2D eigenvalue weighted by atomic mass is 9.51. The number of hydrogen-bond donors (Lipinski definition) is 2. The molecule has 2 unspecified atom stereocenters. The largest absolute Gasteiger partial charge is 0.457 e. The molecule has 214 valence electrons. The minimum absolute atomic E-state index is 0.294. The zero-order valence-corrected chi connectivity index (χ0v) is 23.8. The number of carbonyl (C=O) groups is 4. The van der Waals surface area contributed by atoms with E-state index in [0.29, 0.717) is 18.4 Å². The molecule has 1 saturated heterocycles. The second-order valence-electron chi connectivity index (χ2n) is 11.6. The normalized spacial score (nSPS) is 39.1. The highest BCUT2D eigenvalue weighted by Gasteiger charge is 2.69. The van der Waals surface area contributed by atoms with E-state index in [9.17, 15) is 24.3 Å². The Hall–Kier alpha value is -3.52. The van der Waals surface area contributed by atoms with E-state index >= 15 is 0 Å². The van der Waals surface area contributed by atoms with Crippen LogP contribution in [0.15, 0.2) is 66.8 Å². The molecule has 8 heteroatoms. The van der Waals surface area contributed by atoms with Crippen molar-refractivity contribution < 1.29 is 33.8 Å². The lowest BCUT2D eigenvalue weighted by Crippen LogP contribution is -2.61. The third-order valence-electron chi connectivity index (χ3n) is 8.79. The maximum Gasteiger partial charge on any atom is 0.303 e. The van der Waals surface area contributed by atoms with Gasteiger partial charge in [0.1, 0.15) is 23.2 Å². The molecule has 8 nitrogen and oxygen atoms in total. The standard InChI is InChI=1S/C32H39NO7/c1-18-11-10-14-24-28(40-22(5)35)20(3)19(2)27-25(17-23-12-8-7-9-13-23)33-30(37)32(24,27)26(39-21(4)34)15-16-31(6,38)29(18)36/h7-10,12-16,18-19,24-28,38H,3,11,17H2,1-2,4-6H3,(H,33,37)/b14-10+,16-15+/t18-,19+,24?,25-,26?,27-,28+,31+,32+/m0/s1. The highest BCUT2D eigenvalue weighted by atomic mass is 16.6. The average Bonchev–Trinajstić information content (AvgIpc) is 3.17. The topological polar surface area (TPSA) is 119 Å². The second-order valence-corrected chi connectivity index (χ2v) is 11.6. The molecule has 2 aliphatic carbocycles. The molecule has 1 spiro atoms.